The summed E-state index contributed by atoms with van der Waals surface area (Å²) in [5.41, 5.74) is 1.06. The van der Waals surface area contributed by atoms with Crippen LogP contribution >= 0.6 is 23.7 Å². The van der Waals surface area contributed by atoms with Crippen LogP contribution in [0.5, 0.6) is 5.75 Å². The molecule has 0 unspecified atom stereocenters. The lowest BCUT2D eigenvalue weighted by Crippen LogP contribution is -2.51. The van der Waals surface area contributed by atoms with E-state index in [1.165, 1.54) is 11.3 Å². The third kappa shape index (κ3) is 5.19. The van der Waals surface area contributed by atoms with Crippen LogP contribution in [-0.2, 0) is 9.53 Å². The van der Waals surface area contributed by atoms with Crippen LogP contribution in [0.25, 0.3) is 11.3 Å². The minimum absolute atomic E-state index is 0. The maximum atomic E-state index is 12.7. The van der Waals surface area contributed by atoms with Crippen molar-refractivity contribution in [3.05, 3.63) is 29.6 Å². The van der Waals surface area contributed by atoms with Crippen LogP contribution in [0.1, 0.15) is 26.2 Å². The molecule has 0 atom stereocenters. The average molecular weight is 412 g/mol. The molecule has 0 aliphatic carbocycles. The summed E-state index contributed by atoms with van der Waals surface area (Å²) in [5.74, 6) is 0.734. The molecule has 1 aliphatic heterocycles. The summed E-state index contributed by atoms with van der Waals surface area (Å²) >= 11 is 1.42. The fourth-order valence-electron chi connectivity index (χ4n) is 2.97. The largest absolute Gasteiger partial charge is 0.494 e. The summed E-state index contributed by atoms with van der Waals surface area (Å²) in [7, 11) is 1.60. The number of hydrogen-bond donors (Lipinski definition) is 2. The monoisotopic (exact) mass is 411 g/mol. The van der Waals surface area contributed by atoms with E-state index in [0.29, 0.717) is 24.6 Å². The summed E-state index contributed by atoms with van der Waals surface area (Å²) < 4.78 is 11.2. The van der Waals surface area contributed by atoms with Crippen molar-refractivity contribution in [2.75, 3.05) is 32.1 Å². The molecule has 1 fully saturated rings. The maximum Gasteiger partial charge on any atom is 0.258 e. The molecule has 2 heterocycles. The highest BCUT2D eigenvalue weighted by Crippen LogP contribution is 2.29. The number of methoxy groups -OCH3 is 1. The van der Waals surface area contributed by atoms with Gasteiger partial charge in [0.15, 0.2) is 5.13 Å². The number of carbonyl (C=O) groups is 1. The third-order valence-electron chi connectivity index (χ3n) is 4.56. The van der Waals surface area contributed by atoms with E-state index >= 15 is 0 Å². The molecular formula is C19H26ClN3O3S. The first-order chi connectivity index (χ1) is 12.7. The van der Waals surface area contributed by atoms with Gasteiger partial charge in [-0.2, -0.15) is 0 Å². The molecule has 0 bridgehead atoms. The quantitative estimate of drug-likeness (QED) is 0.726. The van der Waals surface area contributed by atoms with Crippen molar-refractivity contribution in [2.45, 2.75) is 31.8 Å². The van der Waals surface area contributed by atoms with Gasteiger partial charge in [-0.1, -0.05) is 6.92 Å². The number of nitrogens with zero attached hydrogens (tertiary/aromatic N) is 1. The molecule has 1 amide bonds. The molecular weight excluding hydrogens is 386 g/mol. The summed E-state index contributed by atoms with van der Waals surface area (Å²) in [6.45, 7) is 4.34. The van der Waals surface area contributed by atoms with Crippen LogP contribution in [-0.4, -0.2) is 43.3 Å². The van der Waals surface area contributed by atoms with Gasteiger partial charge < -0.3 is 14.8 Å². The second kappa shape index (κ2) is 10.0. The van der Waals surface area contributed by atoms with Gasteiger partial charge in [-0.05, 0) is 56.6 Å². The van der Waals surface area contributed by atoms with Crippen molar-refractivity contribution in [1.29, 1.82) is 0 Å². The van der Waals surface area contributed by atoms with Crippen molar-refractivity contribution in [1.82, 2.24) is 10.3 Å². The molecule has 27 heavy (non-hydrogen) atoms. The first-order valence-corrected chi connectivity index (χ1v) is 9.81. The summed E-state index contributed by atoms with van der Waals surface area (Å²) in [6.07, 6.45) is 2.30. The number of anilines is 1. The highest BCUT2D eigenvalue weighted by Gasteiger charge is 2.40. The van der Waals surface area contributed by atoms with E-state index in [2.05, 4.69) is 22.5 Å². The van der Waals surface area contributed by atoms with Crippen molar-refractivity contribution < 1.29 is 14.3 Å². The number of hydrogen-bond acceptors (Lipinski definition) is 6. The number of ether oxygens (including phenoxy) is 2. The Hall–Kier alpha value is -1.67. The lowest BCUT2D eigenvalue weighted by molar-refractivity contribution is -0.140. The lowest BCUT2D eigenvalue weighted by atomic mass is 9.91. The van der Waals surface area contributed by atoms with E-state index < -0.39 is 5.60 Å². The van der Waals surface area contributed by atoms with Crippen LogP contribution in [0.15, 0.2) is 29.6 Å². The smallest absolute Gasteiger partial charge is 0.258 e. The Morgan fingerprint density at radius 3 is 2.63 bits per heavy atom. The summed E-state index contributed by atoms with van der Waals surface area (Å²) in [4.78, 5) is 17.2. The van der Waals surface area contributed by atoms with Crippen molar-refractivity contribution in [3.8, 4) is 17.0 Å². The number of halogens is 1. The van der Waals surface area contributed by atoms with E-state index in [9.17, 15) is 4.79 Å². The number of thiazole rings is 1. The maximum absolute atomic E-state index is 12.7. The van der Waals surface area contributed by atoms with Crippen molar-refractivity contribution >= 4 is 34.8 Å². The zero-order valence-corrected chi connectivity index (χ0v) is 17.3. The molecule has 8 heteroatoms. The highest BCUT2D eigenvalue weighted by molar-refractivity contribution is 7.14. The van der Waals surface area contributed by atoms with Crippen molar-refractivity contribution in [2.24, 2.45) is 0 Å². The Balaban J connectivity index is 0.00000261. The molecule has 3 rings (SSSR count). The third-order valence-corrected chi connectivity index (χ3v) is 5.32. The molecule has 1 saturated heterocycles. The van der Waals surface area contributed by atoms with Crippen LogP contribution in [0.3, 0.4) is 0 Å². The number of nitrogens with one attached hydrogen (secondary N) is 2. The van der Waals surface area contributed by atoms with E-state index in [4.69, 9.17) is 9.47 Å². The van der Waals surface area contributed by atoms with E-state index in [0.717, 1.165) is 36.5 Å². The van der Waals surface area contributed by atoms with E-state index in [1.807, 2.05) is 29.6 Å². The first-order valence-electron chi connectivity index (χ1n) is 8.93. The Morgan fingerprint density at radius 2 is 2.00 bits per heavy atom. The molecule has 1 aromatic carbocycles. The van der Waals surface area contributed by atoms with Crippen molar-refractivity contribution in [3.63, 3.8) is 0 Å². The first kappa shape index (κ1) is 21.6. The molecule has 1 aliphatic rings. The lowest BCUT2D eigenvalue weighted by Gasteiger charge is -2.34. The van der Waals surface area contributed by atoms with E-state index in [-0.39, 0.29) is 18.3 Å². The fourth-order valence-corrected chi connectivity index (χ4v) is 3.69. The molecule has 148 valence electrons. The standard InChI is InChI=1S/C19H25N3O3S.ClH/c1-3-12-25-15-6-4-14(5-7-15)16-13-26-18(21-16)22-17(23)19(24-2)8-10-20-11-9-19;/h4-7,13,20H,3,8-12H2,1-2H3,(H,21,22,23);1H. The zero-order chi connectivity index (χ0) is 18.4. The minimum Gasteiger partial charge on any atom is -0.494 e. The fraction of sp³-hybridized carbons (Fsp3) is 0.474. The minimum atomic E-state index is -0.769. The average Bonchev–Trinajstić information content (AvgIpc) is 3.15. The zero-order valence-electron chi connectivity index (χ0n) is 15.6. The van der Waals surface area contributed by atoms with Crippen LogP contribution in [0.4, 0.5) is 5.13 Å². The van der Waals surface area contributed by atoms with Crippen LogP contribution in [0, 0.1) is 0 Å². The predicted octanol–water partition coefficient (Wildman–Crippen LogP) is 3.73. The number of aromatic nitrogens is 1. The van der Waals surface area contributed by atoms with Gasteiger partial charge in [-0.15, -0.1) is 23.7 Å². The number of carbonyl (C=O) groups excluding carboxylic acids is 1. The van der Waals surface area contributed by atoms with Gasteiger partial charge >= 0.3 is 0 Å². The molecule has 1 aromatic heterocycles. The molecule has 2 N–H and O–H groups in total. The van der Waals surface area contributed by atoms with Gasteiger partial charge in [0.05, 0.1) is 12.3 Å². The number of benzene rings is 1. The number of rotatable bonds is 7. The normalized spacial score (nSPS) is 15.6. The van der Waals surface area contributed by atoms with Gasteiger partial charge in [-0.3, -0.25) is 10.1 Å². The molecule has 0 radical (unpaired) electrons. The van der Waals surface area contributed by atoms with Gasteiger partial charge in [-0.25, -0.2) is 4.98 Å². The van der Waals surface area contributed by atoms with Gasteiger partial charge in [0.25, 0.3) is 5.91 Å². The van der Waals surface area contributed by atoms with E-state index in [1.54, 1.807) is 7.11 Å². The van der Waals surface area contributed by atoms with Gasteiger partial charge in [0, 0.05) is 18.1 Å². The second-order valence-corrected chi connectivity index (χ2v) is 7.17. The Labute approximate surface area is 170 Å². The molecule has 0 saturated carbocycles. The second-order valence-electron chi connectivity index (χ2n) is 6.31. The topological polar surface area (TPSA) is 72.5 Å². The SMILES string of the molecule is CCCOc1ccc(-c2csc(NC(=O)C3(OC)CCNCC3)n2)cc1.Cl. The Morgan fingerprint density at radius 1 is 1.30 bits per heavy atom. The van der Waals surface area contributed by atoms with Crippen LogP contribution < -0.4 is 15.4 Å². The molecule has 0 spiro atoms. The Bertz CT molecular complexity index is 730. The predicted molar refractivity (Wildman–Crippen MR) is 111 cm³/mol. The Kier molecular flexibility index (Phi) is 8.04. The molecule has 6 nitrogen and oxygen atoms in total. The van der Waals surface area contributed by atoms with Gasteiger partial charge in [0.1, 0.15) is 11.4 Å². The number of piperidine rings is 1. The highest BCUT2D eigenvalue weighted by atomic mass is 35.5. The number of amides is 1. The summed E-state index contributed by atoms with van der Waals surface area (Å²) in [5, 5.41) is 8.71. The van der Waals surface area contributed by atoms with Gasteiger partial charge in [0.2, 0.25) is 0 Å². The molecule has 2 aromatic rings. The summed E-state index contributed by atoms with van der Waals surface area (Å²) in [6, 6.07) is 7.85. The van der Waals surface area contributed by atoms with Crippen LogP contribution in [0.2, 0.25) is 0 Å².